The molecule has 1 aromatic rings. The lowest BCUT2D eigenvalue weighted by molar-refractivity contribution is -0.245. The van der Waals surface area contributed by atoms with E-state index < -0.39 is 52.3 Å². The molecule has 1 saturated carbocycles. The summed E-state index contributed by atoms with van der Waals surface area (Å²) in [6, 6.07) is 1.72. The Balaban J connectivity index is 1.52. The molecule has 8 heteroatoms. The first-order chi connectivity index (χ1) is 13.2. The van der Waals surface area contributed by atoms with Gasteiger partial charge in [-0.25, -0.2) is 9.59 Å². The van der Waals surface area contributed by atoms with Gasteiger partial charge in [0.25, 0.3) is 0 Å². The summed E-state index contributed by atoms with van der Waals surface area (Å²) in [6.07, 6.45) is 4.12. The van der Waals surface area contributed by atoms with Gasteiger partial charge in [-0.3, -0.25) is 0 Å². The molecule has 28 heavy (non-hydrogen) atoms. The highest BCUT2D eigenvalue weighted by atomic mass is 16.7. The van der Waals surface area contributed by atoms with Gasteiger partial charge < -0.3 is 28.8 Å². The van der Waals surface area contributed by atoms with Crippen molar-refractivity contribution < 1.29 is 38.4 Å². The van der Waals surface area contributed by atoms with E-state index in [9.17, 15) is 19.8 Å². The minimum absolute atomic E-state index is 0.149. The van der Waals surface area contributed by atoms with Crippen molar-refractivity contribution in [2.24, 2.45) is 16.7 Å². The molecule has 0 bridgehead atoms. The smallest absolute Gasteiger partial charge is 0.339 e. The number of carbonyl (C=O) groups is 2. The average molecular weight is 388 g/mol. The summed E-state index contributed by atoms with van der Waals surface area (Å²) in [4.78, 5) is 25.4. The largest absolute Gasteiger partial charge is 0.472 e. The van der Waals surface area contributed by atoms with Gasteiger partial charge in [0.15, 0.2) is 5.60 Å². The number of cyclic esters (lactones) is 2. The Hall–Kier alpha value is -2.16. The van der Waals surface area contributed by atoms with Crippen LogP contribution in [0.5, 0.6) is 0 Å². The number of hydrogen-bond acceptors (Lipinski definition) is 8. The zero-order chi connectivity index (χ0) is 19.5. The summed E-state index contributed by atoms with van der Waals surface area (Å²) in [7, 11) is 0. The van der Waals surface area contributed by atoms with Crippen LogP contribution in [0.1, 0.15) is 37.9 Å². The van der Waals surface area contributed by atoms with Crippen LogP contribution < -0.4 is 0 Å². The van der Waals surface area contributed by atoms with Crippen LogP contribution in [0.3, 0.4) is 0 Å². The van der Waals surface area contributed by atoms with Gasteiger partial charge in [0.1, 0.15) is 18.8 Å². The summed E-state index contributed by atoms with van der Waals surface area (Å²) >= 11 is 0. The molecule has 2 N–H and O–H groups in total. The van der Waals surface area contributed by atoms with E-state index in [1.165, 1.54) is 18.6 Å². The molecule has 5 aliphatic rings. The lowest BCUT2D eigenvalue weighted by atomic mass is 9.44. The molecule has 1 unspecified atom stereocenters. The van der Waals surface area contributed by atoms with E-state index in [0.29, 0.717) is 24.0 Å². The first-order valence-electron chi connectivity index (χ1n) is 9.50. The molecule has 1 aromatic heterocycles. The second kappa shape index (κ2) is 4.69. The van der Waals surface area contributed by atoms with Crippen molar-refractivity contribution in [3.8, 4) is 0 Å². The molecule has 2 aliphatic carbocycles. The van der Waals surface area contributed by atoms with E-state index in [1.54, 1.807) is 6.07 Å². The Bertz CT molecular complexity index is 936. The number of furan rings is 1. The number of aliphatic hydroxyl groups is 2. The highest BCUT2D eigenvalue weighted by Gasteiger charge is 2.80. The molecule has 0 amide bonds. The molecule has 8 nitrogen and oxygen atoms in total. The van der Waals surface area contributed by atoms with Gasteiger partial charge in [0, 0.05) is 27.9 Å². The maximum Gasteiger partial charge on any atom is 0.339 e. The molecule has 148 valence electrons. The molecule has 0 aromatic carbocycles. The number of epoxide rings is 1. The van der Waals surface area contributed by atoms with Crippen LogP contribution >= 0.6 is 0 Å². The van der Waals surface area contributed by atoms with Crippen molar-refractivity contribution >= 4 is 11.9 Å². The second-order valence-corrected chi connectivity index (χ2v) is 8.99. The van der Waals surface area contributed by atoms with Crippen molar-refractivity contribution in [3.05, 3.63) is 35.8 Å². The fourth-order valence-corrected chi connectivity index (χ4v) is 6.28. The van der Waals surface area contributed by atoms with Gasteiger partial charge in [0.2, 0.25) is 5.79 Å². The molecule has 4 heterocycles. The summed E-state index contributed by atoms with van der Waals surface area (Å²) in [5.41, 5.74) is -2.32. The molecule has 4 fully saturated rings. The maximum absolute atomic E-state index is 13.0. The molecule has 6 rings (SSSR count). The predicted molar refractivity (Wildman–Crippen MR) is 89.2 cm³/mol. The number of esters is 2. The third-order valence-electron chi connectivity index (χ3n) is 7.81. The minimum Gasteiger partial charge on any atom is -0.472 e. The van der Waals surface area contributed by atoms with E-state index in [1.807, 2.05) is 6.92 Å². The van der Waals surface area contributed by atoms with Crippen molar-refractivity contribution in [1.82, 2.24) is 0 Å². The summed E-state index contributed by atoms with van der Waals surface area (Å²) in [5, 5.41) is 22.2. The SMILES string of the molecule is C[C@]12C[C@H](c3ccoc3)OC(=O)[C@@]1(O)CC[C@@]13COC(=O)C1=C[C@@]1(O)O[C@H]1C32. The number of rotatable bonds is 1. The molecule has 3 saturated heterocycles. The lowest BCUT2D eigenvalue weighted by Crippen LogP contribution is -2.69. The topological polar surface area (TPSA) is 119 Å². The van der Waals surface area contributed by atoms with Gasteiger partial charge in [0.05, 0.1) is 12.5 Å². The average Bonchev–Trinajstić information content (AvgIpc) is 2.99. The van der Waals surface area contributed by atoms with Crippen LogP contribution in [0.4, 0.5) is 0 Å². The molecule has 0 radical (unpaired) electrons. The third-order valence-corrected chi connectivity index (χ3v) is 7.81. The summed E-state index contributed by atoms with van der Waals surface area (Å²) in [5.74, 6) is -3.18. The molecule has 7 atom stereocenters. The standard InChI is InChI=1S/C20H20O8/c1-17-7-12(10-2-5-25-8-10)27-16(22)19(17,23)4-3-18-9-26-15(21)11(18)6-20(24)14(28-20)13(17)18/h2,5-6,8,12-14,23-24H,3-4,7,9H2,1H3/t12-,13?,14+,17-,18-,19+,20-/m1/s1. The molecular weight excluding hydrogens is 368 g/mol. The number of hydrogen-bond donors (Lipinski definition) is 2. The molecule has 1 spiro atoms. The van der Waals surface area contributed by atoms with Crippen molar-refractivity contribution in [2.75, 3.05) is 6.61 Å². The molecular formula is C20H20O8. The van der Waals surface area contributed by atoms with Crippen molar-refractivity contribution in [1.29, 1.82) is 0 Å². The van der Waals surface area contributed by atoms with Gasteiger partial charge in [-0.05, 0) is 31.4 Å². The van der Waals surface area contributed by atoms with Crippen molar-refractivity contribution in [2.45, 2.75) is 49.8 Å². The van der Waals surface area contributed by atoms with Crippen LogP contribution in [0.15, 0.2) is 34.7 Å². The van der Waals surface area contributed by atoms with Gasteiger partial charge >= 0.3 is 11.9 Å². The van der Waals surface area contributed by atoms with Crippen LogP contribution in [-0.2, 0) is 23.8 Å². The van der Waals surface area contributed by atoms with Gasteiger partial charge in [-0.1, -0.05) is 6.92 Å². The highest BCUT2D eigenvalue weighted by molar-refractivity contribution is 5.94. The number of carbonyl (C=O) groups excluding carboxylic acids is 2. The summed E-state index contributed by atoms with van der Waals surface area (Å²) < 4.78 is 21.7. The van der Waals surface area contributed by atoms with E-state index in [-0.39, 0.29) is 13.0 Å². The van der Waals surface area contributed by atoms with Gasteiger partial charge in [-0.15, -0.1) is 0 Å². The van der Waals surface area contributed by atoms with Crippen LogP contribution in [0.2, 0.25) is 0 Å². The fourth-order valence-electron chi connectivity index (χ4n) is 6.28. The number of ether oxygens (including phenoxy) is 3. The second-order valence-electron chi connectivity index (χ2n) is 8.99. The van der Waals surface area contributed by atoms with E-state index >= 15 is 0 Å². The van der Waals surface area contributed by atoms with Crippen LogP contribution in [-0.4, -0.2) is 46.3 Å². The molecule has 3 aliphatic heterocycles. The first kappa shape index (κ1) is 16.8. The van der Waals surface area contributed by atoms with Crippen LogP contribution in [0, 0.1) is 16.7 Å². The predicted octanol–water partition coefficient (Wildman–Crippen LogP) is 0.986. The van der Waals surface area contributed by atoms with E-state index in [4.69, 9.17) is 18.6 Å². The summed E-state index contributed by atoms with van der Waals surface area (Å²) in [6.45, 7) is 2.00. The van der Waals surface area contributed by atoms with Crippen LogP contribution in [0.25, 0.3) is 0 Å². The zero-order valence-corrected chi connectivity index (χ0v) is 15.2. The quantitative estimate of drug-likeness (QED) is 0.540. The van der Waals surface area contributed by atoms with E-state index in [0.717, 1.165) is 0 Å². The Kier molecular flexibility index (Phi) is 2.81. The monoisotopic (exact) mass is 388 g/mol. The lowest BCUT2D eigenvalue weighted by Gasteiger charge is -2.61. The number of fused-ring (bicyclic) bond motifs is 4. The Morgan fingerprint density at radius 1 is 1.21 bits per heavy atom. The van der Waals surface area contributed by atoms with Crippen molar-refractivity contribution in [3.63, 3.8) is 0 Å². The highest BCUT2D eigenvalue weighted by Crippen LogP contribution is 2.71. The Morgan fingerprint density at radius 3 is 2.79 bits per heavy atom. The van der Waals surface area contributed by atoms with E-state index in [2.05, 4.69) is 0 Å². The first-order valence-corrected chi connectivity index (χ1v) is 9.50. The maximum atomic E-state index is 13.0. The Labute approximate surface area is 160 Å². The zero-order valence-electron chi connectivity index (χ0n) is 15.2. The third kappa shape index (κ3) is 1.69. The van der Waals surface area contributed by atoms with Gasteiger partial charge in [-0.2, -0.15) is 0 Å². The Morgan fingerprint density at radius 2 is 2.04 bits per heavy atom. The normalized spacial score (nSPS) is 51.1. The minimum atomic E-state index is -1.73. The fraction of sp³-hybridized carbons (Fsp3) is 0.600.